The molecule has 0 radical (unpaired) electrons. The number of aliphatic hydroxyl groups excluding tert-OH is 1. The van der Waals surface area contributed by atoms with Crippen molar-refractivity contribution >= 4 is 17.6 Å². The third-order valence-corrected chi connectivity index (χ3v) is 3.04. The van der Waals surface area contributed by atoms with Gasteiger partial charge in [-0.3, -0.25) is 0 Å². The molecule has 100 valence electrons. The Labute approximate surface area is 113 Å². The second-order valence-electron chi connectivity index (χ2n) is 3.88. The molecular formula is C13H19ClN2O2. The second kappa shape index (κ2) is 7.95. The monoisotopic (exact) mass is 270 g/mol. The van der Waals surface area contributed by atoms with Crippen LogP contribution in [0.15, 0.2) is 24.3 Å². The molecule has 0 spiro atoms. The number of hydrogen-bond donors (Lipinski definition) is 2. The number of halogens is 1. The van der Waals surface area contributed by atoms with Crippen LogP contribution < -0.4 is 5.32 Å². The van der Waals surface area contributed by atoms with E-state index in [-0.39, 0.29) is 12.6 Å². The number of hydrogen-bond acceptors (Lipinski definition) is 2. The Morgan fingerprint density at radius 1 is 1.44 bits per heavy atom. The molecular weight excluding hydrogens is 252 g/mol. The van der Waals surface area contributed by atoms with E-state index in [4.69, 9.17) is 16.7 Å². The van der Waals surface area contributed by atoms with Gasteiger partial charge in [0, 0.05) is 24.7 Å². The highest BCUT2D eigenvalue weighted by atomic mass is 35.5. The van der Waals surface area contributed by atoms with E-state index >= 15 is 0 Å². The smallest absolute Gasteiger partial charge is 0.317 e. The molecule has 0 heterocycles. The number of benzene rings is 1. The van der Waals surface area contributed by atoms with Crippen molar-refractivity contribution in [3.8, 4) is 0 Å². The van der Waals surface area contributed by atoms with Gasteiger partial charge in [0.05, 0.1) is 6.61 Å². The number of carbonyl (C=O) groups excluding carboxylic acids is 1. The van der Waals surface area contributed by atoms with Crippen LogP contribution >= 0.6 is 11.6 Å². The summed E-state index contributed by atoms with van der Waals surface area (Å²) in [5.41, 5.74) is 1.02. The molecule has 0 atom stereocenters. The fraction of sp³-hybridized carbons (Fsp3) is 0.462. The number of nitrogens with zero attached hydrogens (tertiary/aromatic N) is 1. The maximum absolute atomic E-state index is 11.7. The first-order valence-corrected chi connectivity index (χ1v) is 6.43. The molecule has 0 aliphatic carbocycles. The standard InChI is InChI=1S/C13H19ClN2O2/c1-2-16(9-10-17)13(18)15-8-7-11-5-3-4-6-12(11)14/h3-6,17H,2,7-10H2,1H3,(H,15,18). The van der Waals surface area contributed by atoms with Crippen molar-refractivity contribution in [3.63, 3.8) is 0 Å². The van der Waals surface area contributed by atoms with Crippen molar-refractivity contribution in [2.75, 3.05) is 26.2 Å². The third kappa shape index (κ3) is 4.55. The molecule has 1 rings (SSSR count). The predicted octanol–water partition coefficient (Wildman–Crippen LogP) is 1.91. The van der Waals surface area contributed by atoms with E-state index in [1.807, 2.05) is 31.2 Å². The minimum Gasteiger partial charge on any atom is -0.395 e. The quantitative estimate of drug-likeness (QED) is 0.830. The maximum Gasteiger partial charge on any atom is 0.317 e. The highest BCUT2D eigenvalue weighted by Gasteiger charge is 2.09. The summed E-state index contributed by atoms with van der Waals surface area (Å²) in [6.45, 7) is 3.33. The number of urea groups is 1. The summed E-state index contributed by atoms with van der Waals surface area (Å²) >= 11 is 6.02. The van der Waals surface area contributed by atoms with Crippen molar-refractivity contribution < 1.29 is 9.90 Å². The van der Waals surface area contributed by atoms with E-state index in [2.05, 4.69) is 5.32 Å². The topological polar surface area (TPSA) is 52.6 Å². The fourth-order valence-electron chi connectivity index (χ4n) is 1.64. The first-order chi connectivity index (χ1) is 8.69. The lowest BCUT2D eigenvalue weighted by molar-refractivity contribution is 0.180. The minimum absolute atomic E-state index is 0.0221. The van der Waals surface area contributed by atoms with E-state index in [0.29, 0.717) is 26.1 Å². The van der Waals surface area contributed by atoms with Crippen LogP contribution in [0.3, 0.4) is 0 Å². The van der Waals surface area contributed by atoms with Crippen molar-refractivity contribution in [1.82, 2.24) is 10.2 Å². The van der Waals surface area contributed by atoms with Crippen molar-refractivity contribution in [3.05, 3.63) is 34.9 Å². The average Bonchev–Trinajstić information content (AvgIpc) is 2.38. The molecule has 5 heteroatoms. The zero-order valence-electron chi connectivity index (χ0n) is 10.5. The molecule has 2 N–H and O–H groups in total. The number of likely N-dealkylation sites (N-methyl/N-ethyl adjacent to an activating group) is 1. The Bertz CT molecular complexity index is 385. The van der Waals surface area contributed by atoms with E-state index in [1.165, 1.54) is 0 Å². The molecule has 1 aromatic carbocycles. The predicted molar refractivity (Wildman–Crippen MR) is 72.9 cm³/mol. The van der Waals surface area contributed by atoms with Crippen LogP contribution in [0.4, 0.5) is 4.79 Å². The van der Waals surface area contributed by atoms with Crippen LogP contribution in [0.2, 0.25) is 5.02 Å². The van der Waals surface area contributed by atoms with E-state index < -0.39 is 0 Å². The molecule has 4 nitrogen and oxygen atoms in total. The minimum atomic E-state index is -0.154. The molecule has 0 bridgehead atoms. The largest absolute Gasteiger partial charge is 0.395 e. The number of rotatable bonds is 6. The highest BCUT2D eigenvalue weighted by Crippen LogP contribution is 2.14. The van der Waals surface area contributed by atoms with Crippen LogP contribution in [0, 0.1) is 0 Å². The Hall–Kier alpha value is -1.26. The first-order valence-electron chi connectivity index (χ1n) is 6.06. The normalized spacial score (nSPS) is 10.2. The van der Waals surface area contributed by atoms with Crippen LogP contribution in [0.25, 0.3) is 0 Å². The summed E-state index contributed by atoms with van der Waals surface area (Å²) in [6, 6.07) is 7.43. The third-order valence-electron chi connectivity index (χ3n) is 2.67. The fourth-order valence-corrected chi connectivity index (χ4v) is 1.87. The number of nitrogens with one attached hydrogen (secondary N) is 1. The van der Waals surface area contributed by atoms with Gasteiger partial charge >= 0.3 is 6.03 Å². The Balaban J connectivity index is 2.37. The lowest BCUT2D eigenvalue weighted by Gasteiger charge is -2.20. The van der Waals surface area contributed by atoms with Crippen molar-refractivity contribution in [2.24, 2.45) is 0 Å². The first kappa shape index (κ1) is 14.8. The average molecular weight is 271 g/mol. The Morgan fingerprint density at radius 2 is 2.17 bits per heavy atom. The van der Waals surface area contributed by atoms with Crippen molar-refractivity contribution in [1.29, 1.82) is 0 Å². The number of carbonyl (C=O) groups is 1. The van der Waals surface area contributed by atoms with Gasteiger partial charge in [-0.25, -0.2) is 4.79 Å². The van der Waals surface area contributed by atoms with Gasteiger partial charge in [0.1, 0.15) is 0 Å². The summed E-state index contributed by atoms with van der Waals surface area (Å²) in [5, 5.41) is 12.3. The summed E-state index contributed by atoms with van der Waals surface area (Å²) < 4.78 is 0. The maximum atomic E-state index is 11.7. The van der Waals surface area contributed by atoms with Gasteiger partial charge in [-0.15, -0.1) is 0 Å². The van der Waals surface area contributed by atoms with Gasteiger partial charge in [-0.05, 0) is 25.0 Å². The molecule has 0 aliphatic rings. The van der Waals surface area contributed by atoms with Gasteiger partial charge in [0.15, 0.2) is 0 Å². The van der Waals surface area contributed by atoms with Crippen LogP contribution in [0.5, 0.6) is 0 Å². The summed E-state index contributed by atoms with van der Waals surface area (Å²) in [5.74, 6) is 0. The van der Waals surface area contributed by atoms with Crippen LogP contribution in [-0.2, 0) is 6.42 Å². The van der Waals surface area contributed by atoms with Gasteiger partial charge < -0.3 is 15.3 Å². The summed E-state index contributed by atoms with van der Waals surface area (Å²) in [4.78, 5) is 13.3. The molecule has 18 heavy (non-hydrogen) atoms. The molecule has 0 unspecified atom stereocenters. The molecule has 0 saturated heterocycles. The SMILES string of the molecule is CCN(CCO)C(=O)NCCc1ccccc1Cl. The molecule has 0 fully saturated rings. The van der Waals surface area contributed by atoms with E-state index in [0.717, 1.165) is 10.6 Å². The zero-order chi connectivity index (χ0) is 13.4. The Morgan fingerprint density at radius 3 is 2.78 bits per heavy atom. The van der Waals surface area contributed by atoms with Gasteiger partial charge in [0.25, 0.3) is 0 Å². The zero-order valence-corrected chi connectivity index (χ0v) is 11.3. The number of amides is 2. The summed E-state index contributed by atoms with van der Waals surface area (Å²) in [7, 11) is 0. The molecule has 1 aromatic rings. The van der Waals surface area contributed by atoms with Crippen molar-refractivity contribution in [2.45, 2.75) is 13.3 Å². The molecule has 0 aliphatic heterocycles. The Kier molecular flexibility index (Phi) is 6.54. The van der Waals surface area contributed by atoms with E-state index in [9.17, 15) is 4.79 Å². The lowest BCUT2D eigenvalue weighted by Crippen LogP contribution is -2.42. The molecule has 2 amide bonds. The second-order valence-corrected chi connectivity index (χ2v) is 4.28. The van der Waals surface area contributed by atoms with E-state index in [1.54, 1.807) is 4.90 Å². The van der Waals surface area contributed by atoms with Crippen LogP contribution in [-0.4, -0.2) is 42.3 Å². The van der Waals surface area contributed by atoms with Gasteiger partial charge in [-0.2, -0.15) is 0 Å². The van der Waals surface area contributed by atoms with Gasteiger partial charge in [0.2, 0.25) is 0 Å². The van der Waals surface area contributed by atoms with Crippen LogP contribution in [0.1, 0.15) is 12.5 Å². The molecule has 0 saturated carbocycles. The number of aliphatic hydroxyl groups is 1. The molecule has 0 aromatic heterocycles. The summed E-state index contributed by atoms with van der Waals surface area (Å²) in [6.07, 6.45) is 0.697. The lowest BCUT2D eigenvalue weighted by atomic mass is 10.1. The van der Waals surface area contributed by atoms with Gasteiger partial charge in [-0.1, -0.05) is 29.8 Å². The highest BCUT2D eigenvalue weighted by molar-refractivity contribution is 6.31.